The molecule has 2 amide bonds. The van der Waals surface area contributed by atoms with Crippen molar-refractivity contribution in [3.05, 3.63) is 0 Å². The second-order valence-electron chi connectivity index (χ2n) is 2.73. The third kappa shape index (κ3) is 32.1. The van der Waals surface area contributed by atoms with E-state index in [0.717, 1.165) is 19.3 Å². The molecule has 0 unspecified atom stereocenters. The molecule has 0 saturated carbocycles. The van der Waals surface area contributed by atoms with Crippen LogP contribution in [0.25, 0.3) is 0 Å². The molecule has 0 aromatic carbocycles. The first-order valence-electron chi connectivity index (χ1n) is 4.75. The van der Waals surface area contributed by atoms with Gasteiger partial charge < -0.3 is 16.2 Å². The van der Waals surface area contributed by atoms with Gasteiger partial charge in [0, 0.05) is 6.42 Å². The highest BCUT2D eigenvalue weighted by atomic mass is 35.5. The van der Waals surface area contributed by atoms with Crippen LogP contribution in [-0.4, -0.2) is 18.6 Å². The van der Waals surface area contributed by atoms with Crippen LogP contribution < -0.4 is 11.5 Å². The summed E-state index contributed by atoms with van der Waals surface area (Å²) in [5, 5.41) is 0. The second kappa shape index (κ2) is 15.5. The summed E-state index contributed by atoms with van der Waals surface area (Å²) in [7, 11) is 0. The summed E-state index contributed by atoms with van der Waals surface area (Å²) in [6.45, 7) is 4.63. The van der Waals surface area contributed by atoms with Crippen LogP contribution in [0.2, 0.25) is 0 Å². The average Bonchev–Trinajstić information content (AvgIpc) is 2.10. The number of hydrogen-bond acceptors (Lipinski definition) is 3. The zero-order valence-corrected chi connectivity index (χ0v) is 10.1. The Morgan fingerprint density at radius 3 is 1.93 bits per heavy atom. The van der Waals surface area contributed by atoms with Gasteiger partial charge in [-0.05, 0) is 12.8 Å². The van der Waals surface area contributed by atoms with Crippen LogP contribution in [0.15, 0.2) is 0 Å². The van der Waals surface area contributed by atoms with Gasteiger partial charge in [-0.1, -0.05) is 20.3 Å². The third-order valence-electron chi connectivity index (χ3n) is 1.20. The van der Waals surface area contributed by atoms with Crippen LogP contribution in [-0.2, 0) is 9.53 Å². The van der Waals surface area contributed by atoms with Gasteiger partial charge in [0.1, 0.15) is 0 Å². The number of hydrogen-bond donors (Lipinski definition) is 2. The first-order chi connectivity index (χ1) is 6.54. The minimum atomic E-state index is -0.833. The molecule has 0 spiro atoms. The number of nitrogens with two attached hydrogens (primary N) is 2. The summed E-state index contributed by atoms with van der Waals surface area (Å²) < 4.78 is 4.85. The molecule has 15 heavy (non-hydrogen) atoms. The Hall–Kier alpha value is -0.970. The van der Waals surface area contributed by atoms with Crippen LogP contribution >= 0.6 is 12.4 Å². The molecular weight excluding hydrogens is 220 g/mol. The lowest BCUT2D eigenvalue weighted by molar-refractivity contribution is -0.143. The highest BCUT2D eigenvalue weighted by Crippen LogP contribution is 1.96. The largest absolute Gasteiger partial charge is 0.466 e. The predicted octanol–water partition coefficient (Wildman–Crippen LogP) is 1.58. The fraction of sp³-hybridized carbons (Fsp3) is 0.778. The Bertz CT molecular complexity index is 151. The Kier molecular flexibility index (Phi) is 20.2. The number of carbonyl (C=O) groups is 2. The summed E-state index contributed by atoms with van der Waals surface area (Å²) in [5.74, 6) is -0.0521. The number of rotatable bonds is 5. The Morgan fingerprint density at radius 2 is 1.60 bits per heavy atom. The molecule has 0 fully saturated rings. The van der Waals surface area contributed by atoms with E-state index < -0.39 is 6.03 Å². The zero-order valence-electron chi connectivity index (χ0n) is 9.32. The molecule has 5 nitrogen and oxygen atoms in total. The Balaban J connectivity index is -0.000000249. The van der Waals surface area contributed by atoms with E-state index in [0.29, 0.717) is 13.0 Å². The number of unbranched alkanes of at least 4 members (excludes halogenated alkanes) is 1. The minimum absolute atomic E-state index is 0. The molecule has 0 aliphatic rings. The van der Waals surface area contributed by atoms with Crippen molar-refractivity contribution >= 4 is 24.4 Å². The van der Waals surface area contributed by atoms with Crippen LogP contribution in [0.1, 0.15) is 39.5 Å². The SMILES string of the molecule is CCCCC(=O)OCCC.Cl.NC(N)=O. The fourth-order valence-corrected chi connectivity index (χ4v) is 0.609. The first-order valence-corrected chi connectivity index (χ1v) is 4.75. The van der Waals surface area contributed by atoms with Gasteiger partial charge in [-0.2, -0.15) is 0 Å². The standard InChI is InChI=1S/C8H16O2.CH4N2O.ClH/c1-3-5-6-8(9)10-7-4-2;2-1(3)4;/h3-7H2,1-2H3;(H4,2,3,4);1H. The van der Waals surface area contributed by atoms with E-state index in [2.05, 4.69) is 18.4 Å². The van der Waals surface area contributed by atoms with E-state index in [4.69, 9.17) is 9.53 Å². The molecular formula is C9H21ClN2O3. The van der Waals surface area contributed by atoms with Crippen LogP contribution in [0.5, 0.6) is 0 Å². The monoisotopic (exact) mass is 240 g/mol. The zero-order chi connectivity index (χ0) is 11.4. The molecule has 0 saturated heterocycles. The van der Waals surface area contributed by atoms with Crippen molar-refractivity contribution in [3.8, 4) is 0 Å². The van der Waals surface area contributed by atoms with Crippen molar-refractivity contribution in [2.24, 2.45) is 11.5 Å². The van der Waals surface area contributed by atoms with Gasteiger partial charge in [-0.25, -0.2) is 4.79 Å². The molecule has 6 heteroatoms. The van der Waals surface area contributed by atoms with Crippen LogP contribution in [0.4, 0.5) is 4.79 Å². The molecule has 0 rings (SSSR count). The predicted molar refractivity (Wildman–Crippen MR) is 61.8 cm³/mol. The maximum atomic E-state index is 10.7. The lowest BCUT2D eigenvalue weighted by Gasteiger charge is -2.00. The van der Waals surface area contributed by atoms with E-state index >= 15 is 0 Å². The highest BCUT2D eigenvalue weighted by Gasteiger charge is 1.98. The smallest absolute Gasteiger partial charge is 0.309 e. The number of urea groups is 1. The maximum Gasteiger partial charge on any atom is 0.309 e. The van der Waals surface area contributed by atoms with E-state index in [1.165, 1.54) is 0 Å². The quantitative estimate of drug-likeness (QED) is 0.714. The third-order valence-corrected chi connectivity index (χ3v) is 1.20. The van der Waals surface area contributed by atoms with Crippen molar-refractivity contribution in [2.45, 2.75) is 39.5 Å². The van der Waals surface area contributed by atoms with Gasteiger partial charge in [-0.3, -0.25) is 4.79 Å². The van der Waals surface area contributed by atoms with E-state index in [9.17, 15) is 4.79 Å². The molecule has 0 aliphatic heterocycles. The molecule has 0 aromatic rings. The fourth-order valence-electron chi connectivity index (χ4n) is 0.609. The maximum absolute atomic E-state index is 10.7. The lowest BCUT2D eigenvalue weighted by Crippen LogP contribution is -2.18. The van der Waals surface area contributed by atoms with E-state index in [-0.39, 0.29) is 18.4 Å². The first kappa shape index (κ1) is 19.6. The number of halogens is 1. The van der Waals surface area contributed by atoms with Crippen molar-refractivity contribution in [2.75, 3.05) is 6.61 Å². The van der Waals surface area contributed by atoms with Gasteiger partial charge in [0.2, 0.25) is 0 Å². The van der Waals surface area contributed by atoms with Crippen molar-refractivity contribution in [3.63, 3.8) is 0 Å². The molecule has 92 valence electrons. The number of carbonyl (C=O) groups excluding carboxylic acids is 2. The molecule has 0 aromatic heterocycles. The molecule has 0 radical (unpaired) electrons. The summed E-state index contributed by atoms with van der Waals surface area (Å²) in [6, 6.07) is -0.833. The van der Waals surface area contributed by atoms with Gasteiger partial charge >= 0.3 is 12.0 Å². The van der Waals surface area contributed by atoms with Crippen molar-refractivity contribution < 1.29 is 14.3 Å². The van der Waals surface area contributed by atoms with E-state index in [1.807, 2.05) is 6.92 Å². The number of esters is 1. The Labute approximate surface area is 96.9 Å². The van der Waals surface area contributed by atoms with E-state index in [1.54, 1.807) is 0 Å². The molecule has 0 bridgehead atoms. The normalized spacial score (nSPS) is 7.87. The number of primary amides is 2. The summed E-state index contributed by atoms with van der Waals surface area (Å²) >= 11 is 0. The van der Waals surface area contributed by atoms with Gasteiger partial charge in [0.15, 0.2) is 0 Å². The molecule has 4 N–H and O–H groups in total. The number of ether oxygens (including phenoxy) is 1. The van der Waals surface area contributed by atoms with Crippen molar-refractivity contribution in [1.82, 2.24) is 0 Å². The minimum Gasteiger partial charge on any atom is -0.466 e. The number of amides is 2. The average molecular weight is 241 g/mol. The summed E-state index contributed by atoms with van der Waals surface area (Å²) in [6.07, 6.45) is 3.50. The summed E-state index contributed by atoms with van der Waals surface area (Å²) in [4.78, 5) is 19.7. The molecule has 0 atom stereocenters. The molecule has 0 aliphatic carbocycles. The highest BCUT2D eigenvalue weighted by molar-refractivity contribution is 5.85. The topological polar surface area (TPSA) is 95.4 Å². The van der Waals surface area contributed by atoms with Crippen LogP contribution in [0.3, 0.4) is 0 Å². The van der Waals surface area contributed by atoms with Gasteiger partial charge in [-0.15, -0.1) is 12.4 Å². The van der Waals surface area contributed by atoms with Crippen molar-refractivity contribution in [1.29, 1.82) is 0 Å². The van der Waals surface area contributed by atoms with Gasteiger partial charge in [0.25, 0.3) is 0 Å². The summed E-state index contributed by atoms with van der Waals surface area (Å²) in [5.41, 5.74) is 8.50. The molecule has 0 heterocycles. The second-order valence-corrected chi connectivity index (χ2v) is 2.73. The van der Waals surface area contributed by atoms with Crippen LogP contribution in [0, 0.1) is 0 Å². The van der Waals surface area contributed by atoms with Gasteiger partial charge in [0.05, 0.1) is 6.61 Å². The Morgan fingerprint density at radius 1 is 1.13 bits per heavy atom. The lowest BCUT2D eigenvalue weighted by atomic mass is 10.2.